The van der Waals surface area contributed by atoms with Crippen LogP contribution in [0.25, 0.3) is 0 Å². The number of benzene rings is 2. The molecule has 2 aromatic carbocycles. The predicted octanol–water partition coefficient (Wildman–Crippen LogP) is 3.14. The lowest BCUT2D eigenvalue weighted by atomic mass is 9.99. The van der Waals surface area contributed by atoms with E-state index in [1.54, 1.807) is 14.2 Å². The lowest BCUT2D eigenvalue weighted by molar-refractivity contribution is 0.170. The molecule has 0 radical (unpaired) electrons. The number of rotatable bonds is 8. The van der Waals surface area contributed by atoms with Gasteiger partial charge in [-0.1, -0.05) is 30.3 Å². The second-order valence-corrected chi connectivity index (χ2v) is 6.68. The van der Waals surface area contributed by atoms with Crippen LogP contribution in [-0.4, -0.2) is 45.3 Å². The first-order valence-corrected chi connectivity index (χ1v) is 9.51. The van der Waals surface area contributed by atoms with E-state index >= 15 is 0 Å². The Morgan fingerprint density at radius 2 is 1.71 bits per heavy atom. The van der Waals surface area contributed by atoms with E-state index in [1.807, 2.05) is 42.5 Å². The molecular formula is C22H27N3O3. The van der Waals surface area contributed by atoms with Crippen LogP contribution in [0.5, 0.6) is 17.2 Å². The molecule has 1 heterocycles. The monoisotopic (exact) mass is 381 g/mol. The molecule has 148 valence electrons. The van der Waals surface area contributed by atoms with Gasteiger partial charge in [0, 0.05) is 37.8 Å². The second-order valence-electron chi connectivity index (χ2n) is 6.68. The van der Waals surface area contributed by atoms with E-state index in [2.05, 4.69) is 16.3 Å². The van der Waals surface area contributed by atoms with Gasteiger partial charge in [0.2, 0.25) is 0 Å². The molecule has 1 saturated heterocycles. The van der Waals surface area contributed by atoms with Gasteiger partial charge < -0.3 is 19.5 Å². The largest absolute Gasteiger partial charge is 0.493 e. The highest BCUT2D eigenvalue weighted by molar-refractivity contribution is 5.52. The van der Waals surface area contributed by atoms with Gasteiger partial charge in [0.15, 0.2) is 11.5 Å². The molecule has 2 aromatic rings. The summed E-state index contributed by atoms with van der Waals surface area (Å²) in [7, 11) is 3.23. The Hall–Kier alpha value is -2.75. The van der Waals surface area contributed by atoms with E-state index < -0.39 is 0 Å². The summed E-state index contributed by atoms with van der Waals surface area (Å²) in [4.78, 5) is 2.33. The minimum Gasteiger partial charge on any atom is -0.493 e. The molecule has 1 atom stereocenters. The maximum absolute atomic E-state index is 9.47. The highest BCUT2D eigenvalue weighted by Gasteiger charge is 2.27. The van der Waals surface area contributed by atoms with E-state index in [0.717, 1.165) is 43.1 Å². The van der Waals surface area contributed by atoms with Crippen molar-refractivity contribution in [1.82, 2.24) is 10.2 Å². The molecular weight excluding hydrogens is 354 g/mol. The first-order chi connectivity index (χ1) is 13.8. The van der Waals surface area contributed by atoms with Gasteiger partial charge in [-0.3, -0.25) is 4.90 Å². The topological polar surface area (TPSA) is 66.8 Å². The number of piperazine rings is 1. The average Bonchev–Trinajstić information content (AvgIpc) is 2.77. The lowest BCUT2D eigenvalue weighted by Gasteiger charge is -2.35. The van der Waals surface area contributed by atoms with Crippen LogP contribution in [0.4, 0.5) is 0 Å². The predicted molar refractivity (Wildman–Crippen MR) is 108 cm³/mol. The molecule has 28 heavy (non-hydrogen) atoms. The second kappa shape index (κ2) is 9.98. The van der Waals surface area contributed by atoms with Gasteiger partial charge in [0.1, 0.15) is 12.4 Å². The van der Waals surface area contributed by atoms with Crippen molar-refractivity contribution in [2.24, 2.45) is 0 Å². The summed E-state index contributed by atoms with van der Waals surface area (Å²) in [5, 5.41) is 12.8. The molecule has 3 rings (SSSR count). The summed E-state index contributed by atoms with van der Waals surface area (Å²) in [5.74, 6) is 1.98. The number of hydrogen-bond acceptors (Lipinski definition) is 6. The molecule has 0 bridgehead atoms. The zero-order valence-corrected chi connectivity index (χ0v) is 16.5. The Bertz CT molecular complexity index is 799. The van der Waals surface area contributed by atoms with E-state index in [0.29, 0.717) is 24.5 Å². The fraction of sp³-hybridized carbons (Fsp3) is 0.409. The number of methoxy groups -OCH3 is 2. The molecule has 1 aliphatic heterocycles. The van der Waals surface area contributed by atoms with E-state index in [-0.39, 0.29) is 6.04 Å². The molecule has 1 aliphatic rings. The van der Waals surface area contributed by atoms with Crippen LogP contribution in [0, 0.1) is 11.3 Å². The fourth-order valence-corrected chi connectivity index (χ4v) is 3.51. The zero-order valence-electron chi connectivity index (χ0n) is 16.5. The van der Waals surface area contributed by atoms with Gasteiger partial charge in [-0.05, 0) is 11.6 Å². The summed E-state index contributed by atoms with van der Waals surface area (Å²) < 4.78 is 17.2. The molecule has 0 aromatic heterocycles. The smallest absolute Gasteiger partial charge is 0.164 e. The Morgan fingerprint density at radius 3 is 2.36 bits per heavy atom. The Kier molecular flexibility index (Phi) is 7.12. The summed E-state index contributed by atoms with van der Waals surface area (Å²) in [6.07, 6.45) is 0.386. The number of nitriles is 1. The summed E-state index contributed by atoms with van der Waals surface area (Å²) >= 11 is 0. The van der Waals surface area contributed by atoms with Crippen LogP contribution in [-0.2, 0) is 6.61 Å². The fourth-order valence-electron chi connectivity index (χ4n) is 3.51. The van der Waals surface area contributed by atoms with Crippen molar-refractivity contribution in [1.29, 1.82) is 5.26 Å². The SMILES string of the molecule is COc1cc(OCc2ccccc2)c([C@@H](CC#N)N2CCNCC2)cc1OC. The van der Waals surface area contributed by atoms with Crippen LogP contribution < -0.4 is 19.5 Å². The van der Waals surface area contributed by atoms with Gasteiger partial charge >= 0.3 is 0 Å². The van der Waals surface area contributed by atoms with Crippen molar-refractivity contribution in [3.8, 4) is 23.3 Å². The third kappa shape index (κ3) is 4.75. The van der Waals surface area contributed by atoms with Crippen molar-refractivity contribution in [2.75, 3.05) is 40.4 Å². The average molecular weight is 381 g/mol. The minimum absolute atomic E-state index is 0.0577. The maximum Gasteiger partial charge on any atom is 0.164 e. The Morgan fingerprint density at radius 1 is 1.04 bits per heavy atom. The number of nitrogens with one attached hydrogen (secondary N) is 1. The van der Waals surface area contributed by atoms with Gasteiger partial charge in [-0.15, -0.1) is 0 Å². The number of ether oxygens (including phenoxy) is 3. The molecule has 0 saturated carbocycles. The minimum atomic E-state index is -0.0577. The standard InChI is InChI=1S/C22H27N3O3/c1-26-21-14-18(19(8-9-23)25-12-10-24-11-13-25)20(15-22(21)27-2)28-16-17-6-4-3-5-7-17/h3-7,14-15,19,24H,8,10-13,16H2,1-2H3/t19-/m1/s1. The number of nitrogens with zero attached hydrogens (tertiary/aromatic N) is 2. The highest BCUT2D eigenvalue weighted by Crippen LogP contribution is 2.40. The van der Waals surface area contributed by atoms with Crippen LogP contribution in [0.2, 0.25) is 0 Å². The highest BCUT2D eigenvalue weighted by atomic mass is 16.5. The molecule has 0 aliphatic carbocycles. The normalized spacial score (nSPS) is 15.5. The summed E-state index contributed by atoms with van der Waals surface area (Å²) in [6, 6.07) is 16.1. The van der Waals surface area contributed by atoms with Crippen molar-refractivity contribution in [3.05, 3.63) is 53.6 Å². The quantitative estimate of drug-likeness (QED) is 0.758. The van der Waals surface area contributed by atoms with Gasteiger partial charge in [-0.25, -0.2) is 0 Å². The molecule has 0 unspecified atom stereocenters. The van der Waals surface area contributed by atoms with E-state index in [9.17, 15) is 5.26 Å². The summed E-state index contributed by atoms with van der Waals surface area (Å²) in [5.41, 5.74) is 2.04. The zero-order chi connectivity index (χ0) is 19.8. The maximum atomic E-state index is 9.47. The van der Waals surface area contributed by atoms with Crippen molar-refractivity contribution >= 4 is 0 Å². The van der Waals surface area contributed by atoms with Crippen LogP contribution >= 0.6 is 0 Å². The van der Waals surface area contributed by atoms with E-state index in [4.69, 9.17) is 14.2 Å². The van der Waals surface area contributed by atoms with Crippen molar-refractivity contribution in [2.45, 2.75) is 19.1 Å². The lowest BCUT2D eigenvalue weighted by Crippen LogP contribution is -2.45. The summed E-state index contributed by atoms with van der Waals surface area (Å²) in [6.45, 7) is 4.05. The molecule has 6 heteroatoms. The molecule has 6 nitrogen and oxygen atoms in total. The van der Waals surface area contributed by atoms with Crippen LogP contribution in [0.15, 0.2) is 42.5 Å². The molecule has 0 spiro atoms. The van der Waals surface area contributed by atoms with Crippen LogP contribution in [0.3, 0.4) is 0 Å². The third-order valence-electron chi connectivity index (χ3n) is 4.99. The first kappa shape index (κ1) is 20.0. The van der Waals surface area contributed by atoms with E-state index in [1.165, 1.54) is 0 Å². The molecule has 1 fully saturated rings. The first-order valence-electron chi connectivity index (χ1n) is 9.51. The number of hydrogen-bond donors (Lipinski definition) is 1. The van der Waals surface area contributed by atoms with Crippen molar-refractivity contribution in [3.63, 3.8) is 0 Å². The van der Waals surface area contributed by atoms with Gasteiger partial charge in [-0.2, -0.15) is 5.26 Å². The Balaban J connectivity index is 1.96. The third-order valence-corrected chi connectivity index (χ3v) is 4.99. The molecule has 0 amide bonds. The van der Waals surface area contributed by atoms with Crippen LogP contribution in [0.1, 0.15) is 23.6 Å². The molecule has 1 N–H and O–H groups in total. The Labute approximate surface area is 166 Å². The van der Waals surface area contributed by atoms with Gasteiger partial charge in [0.05, 0.1) is 32.8 Å². The van der Waals surface area contributed by atoms with Gasteiger partial charge in [0.25, 0.3) is 0 Å². The van der Waals surface area contributed by atoms with Crippen molar-refractivity contribution < 1.29 is 14.2 Å².